The number of allylic oxidation sites excluding steroid dienone is 2. The highest BCUT2D eigenvalue weighted by Gasteiger charge is 2.37. The van der Waals surface area contributed by atoms with E-state index in [1.807, 2.05) is 12.1 Å². The van der Waals surface area contributed by atoms with Crippen LogP contribution in [0.15, 0.2) is 45.7 Å². The van der Waals surface area contributed by atoms with Gasteiger partial charge in [0.15, 0.2) is 10.9 Å². The van der Waals surface area contributed by atoms with E-state index < -0.39 is 5.92 Å². The molecule has 1 aliphatic carbocycles. The van der Waals surface area contributed by atoms with Gasteiger partial charge in [-0.2, -0.15) is 0 Å². The zero-order valence-corrected chi connectivity index (χ0v) is 15.5. The van der Waals surface area contributed by atoms with Crippen molar-refractivity contribution >= 4 is 23.4 Å². The van der Waals surface area contributed by atoms with E-state index in [-0.39, 0.29) is 11.3 Å². The number of carbonyl (C=O) groups is 1. The molecule has 0 saturated carbocycles. The van der Waals surface area contributed by atoms with E-state index in [4.69, 9.17) is 0 Å². The molecular formula is C19H20N4O2S. The number of Topliss-reactive ketones (excluding diaryl/α,β-unsaturated/α-hetero) is 1. The lowest BCUT2D eigenvalue weighted by Gasteiger charge is -2.32. The third-order valence-electron chi connectivity index (χ3n) is 4.60. The molecule has 2 aromatic rings. The maximum absolute atomic E-state index is 12.9. The fourth-order valence-electron chi connectivity index (χ4n) is 3.60. The second-order valence-electron chi connectivity index (χ2n) is 6.81. The van der Waals surface area contributed by atoms with Crippen molar-refractivity contribution in [3.63, 3.8) is 0 Å². The number of pyridine rings is 1. The lowest BCUT2D eigenvalue weighted by molar-refractivity contribution is -0.116. The molecule has 6 nitrogen and oxygen atoms in total. The van der Waals surface area contributed by atoms with Crippen LogP contribution in [-0.2, 0) is 4.79 Å². The van der Waals surface area contributed by atoms with Gasteiger partial charge >= 0.3 is 0 Å². The summed E-state index contributed by atoms with van der Waals surface area (Å²) in [5.41, 5.74) is 2.72. The van der Waals surface area contributed by atoms with Crippen molar-refractivity contribution in [1.82, 2.24) is 15.0 Å². The molecule has 7 heteroatoms. The van der Waals surface area contributed by atoms with Crippen molar-refractivity contribution in [2.45, 2.75) is 49.4 Å². The van der Waals surface area contributed by atoms with Gasteiger partial charge in [0.2, 0.25) is 0 Å². The van der Waals surface area contributed by atoms with Crippen LogP contribution in [0, 0.1) is 0 Å². The molecule has 26 heavy (non-hydrogen) atoms. The SMILES string of the molecule is CC(C)Sc1nc2c(c(=O)[nH]1)C(c1cccnc1)C1=C(CCCC1=O)N2. The number of aromatic nitrogens is 3. The number of rotatable bonds is 3. The van der Waals surface area contributed by atoms with Crippen molar-refractivity contribution < 1.29 is 4.79 Å². The van der Waals surface area contributed by atoms with E-state index in [0.717, 1.165) is 24.1 Å². The number of ketones is 1. The molecule has 2 aliphatic rings. The van der Waals surface area contributed by atoms with Gasteiger partial charge in [0.1, 0.15) is 5.82 Å². The Morgan fingerprint density at radius 3 is 2.85 bits per heavy atom. The summed E-state index contributed by atoms with van der Waals surface area (Å²) >= 11 is 1.51. The van der Waals surface area contributed by atoms with Crippen molar-refractivity contribution in [1.29, 1.82) is 0 Å². The minimum atomic E-state index is -0.419. The quantitative estimate of drug-likeness (QED) is 0.639. The first kappa shape index (κ1) is 17.0. The van der Waals surface area contributed by atoms with Crippen LogP contribution in [0.2, 0.25) is 0 Å². The Morgan fingerprint density at radius 1 is 1.27 bits per heavy atom. The first-order valence-corrected chi connectivity index (χ1v) is 9.66. The van der Waals surface area contributed by atoms with Crippen LogP contribution in [-0.4, -0.2) is 26.0 Å². The summed E-state index contributed by atoms with van der Waals surface area (Å²) in [5.74, 6) is 0.231. The molecule has 1 unspecified atom stereocenters. The van der Waals surface area contributed by atoms with Crippen molar-refractivity contribution in [2.75, 3.05) is 5.32 Å². The Morgan fingerprint density at radius 2 is 2.12 bits per heavy atom. The Balaban J connectivity index is 1.92. The molecule has 1 aliphatic heterocycles. The summed E-state index contributed by atoms with van der Waals surface area (Å²) in [4.78, 5) is 37.3. The maximum Gasteiger partial charge on any atom is 0.257 e. The highest BCUT2D eigenvalue weighted by Crippen LogP contribution is 2.43. The van der Waals surface area contributed by atoms with Crippen LogP contribution in [0.4, 0.5) is 5.82 Å². The topological polar surface area (TPSA) is 87.7 Å². The molecule has 0 aromatic carbocycles. The van der Waals surface area contributed by atoms with Gasteiger partial charge in [-0.25, -0.2) is 4.98 Å². The van der Waals surface area contributed by atoms with Gasteiger partial charge in [0.05, 0.1) is 5.56 Å². The van der Waals surface area contributed by atoms with Crippen molar-refractivity contribution in [2.24, 2.45) is 0 Å². The first-order chi connectivity index (χ1) is 12.5. The van der Waals surface area contributed by atoms with E-state index in [1.165, 1.54) is 11.8 Å². The monoisotopic (exact) mass is 368 g/mol. The highest BCUT2D eigenvalue weighted by atomic mass is 32.2. The minimum absolute atomic E-state index is 0.0956. The van der Waals surface area contributed by atoms with E-state index >= 15 is 0 Å². The summed E-state index contributed by atoms with van der Waals surface area (Å²) in [5, 5.41) is 4.17. The Kier molecular flexibility index (Phi) is 4.40. The molecule has 4 rings (SSSR count). The van der Waals surface area contributed by atoms with Crippen LogP contribution in [0.5, 0.6) is 0 Å². The standard InChI is InChI=1S/C19H20N4O2S/c1-10(2)26-19-22-17-16(18(25)23-19)14(11-5-4-8-20-9-11)15-12(21-17)6-3-7-13(15)24/h4-5,8-10,14H,3,6-7H2,1-2H3,(H2,21,22,23,25). The number of aromatic amines is 1. The molecule has 0 fully saturated rings. The predicted molar refractivity (Wildman–Crippen MR) is 101 cm³/mol. The van der Waals surface area contributed by atoms with E-state index in [2.05, 4.69) is 34.1 Å². The van der Waals surface area contributed by atoms with Gasteiger partial charge in [0, 0.05) is 41.3 Å². The van der Waals surface area contributed by atoms with Gasteiger partial charge in [-0.15, -0.1) is 0 Å². The van der Waals surface area contributed by atoms with Gasteiger partial charge in [-0.3, -0.25) is 14.6 Å². The number of anilines is 1. The van der Waals surface area contributed by atoms with Gasteiger partial charge < -0.3 is 10.3 Å². The number of fused-ring (bicyclic) bond motifs is 1. The Hall–Kier alpha value is -2.41. The number of hydrogen-bond donors (Lipinski definition) is 2. The van der Waals surface area contributed by atoms with Crippen LogP contribution in [0.1, 0.15) is 50.2 Å². The third-order valence-corrected chi connectivity index (χ3v) is 5.49. The van der Waals surface area contributed by atoms with Crippen LogP contribution >= 0.6 is 11.8 Å². The van der Waals surface area contributed by atoms with Gasteiger partial charge in [-0.05, 0) is 24.5 Å². The Labute approximate surface area is 155 Å². The number of thioether (sulfide) groups is 1. The lowest BCUT2D eigenvalue weighted by atomic mass is 9.77. The van der Waals surface area contributed by atoms with Crippen LogP contribution in [0.3, 0.4) is 0 Å². The van der Waals surface area contributed by atoms with Gasteiger partial charge in [-0.1, -0.05) is 31.7 Å². The molecule has 134 valence electrons. The van der Waals surface area contributed by atoms with E-state index in [1.54, 1.807) is 12.4 Å². The number of carbonyl (C=O) groups excluding carboxylic acids is 1. The van der Waals surface area contributed by atoms with E-state index in [0.29, 0.717) is 33.8 Å². The first-order valence-electron chi connectivity index (χ1n) is 8.78. The smallest absolute Gasteiger partial charge is 0.257 e. The van der Waals surface area contributed by atoms with Crippen LogP contribution in [0.25, 0.3) is 0 Å². The fourth-order valence-corrected chi connectivity index (χ4v) is 4.34. The molecule has 2 aromatic heterocycles. The fraction of sp³-hybridized carbons (Fsp3) is 0.368. The zero-order valence-electron chi connectivity index (χ0n) is 14.7. The van der Waals surface area contributed by atoms with Crippen molar-refractivity contribution in [3.05, 3.63) is 57.3 Å². The average molecular weight is 368 g/mol. The summed E-state index contributed by atoms with van der Waals surface area (Å²) < 4.78 is 0. The molecular weight excluding hydrogens is 348 g/mol. The normalized spacial score (nSPS) is 19.2. The second-order valence-corrected chi connectivity index (χ2v) is 8.38. The number of hydrogen-bond acceptors (Lipinski definition) is 6. The third kappa shape index (κ3) is 2.96. The molecule has 2 N–H and O–H groups in total. The molecule has 0 amide bonds. The summed E-state index contributed by atoms with van der Waals surface area (Å²) in [6.07, 6.45) is 5.53. The highest BCUT2D eigenvalue weighted by molar-refractivity contribution is 7.99. The number of H-pyrrole nitrogens is 1. The maximum atomic E-state index is 12.9. The minimum Gasteiger partial charge on any atom is -0.343 e. The summed E-state index contributed by atoms with van der Waals surface area (Å²) in [6.45, 7) is 4.10. The van der Waals surface area contributed by atoms with E-state index in [9.17, 15) is 9.59 Å². The summed E-state index contributed by atoms with van der Waals surface area (Å²) in [7, 11) is 0. The molecule has 0 radical (unpaired) electrons. The molecule has 3 heterocycles. The molecule has 0 spiro atoms. The molecule has 0 bridgehead atoms. The largest absolute Gasteiger partial charge is 0.343 e. The van der Waals surface area contributed by atoms with Crippen LogP contribution < -0.4 is 10.9 Å². The zero-order chi connectivity index (χ0) is 18.3. The molecule has 1 atom stereocenters. The number of nitrogens with one attached hydrogen (secondary N) is 2. The lowest BCUT2D eigenvalue weighted by Crippen LogP contribution is -2.32. The average Bonchev–Trinajstić information content (AvgIpc) is 2.60. The molecule has 0 saturated heterocycles. The van der Waals surface area contributed by atoms with Crippen molar-refractivity contribution in [3.8, 4) is 0 Å². The van der Waals surface area contributed by atoms with Gasteiger partial charge in [0.25, 0.3) is 5.56 Å². The number of nitrogens with zero attached hydrogens (tertiary/aromatic N) is 2. The summed E-state index contributed by atoms with van der Waals surface area (Å²) in [6, 6.07) is 3.74. The predicted octanol–water partition coefficient (Wildman–Crippen LogP) is 3.23. The Bertz CT molecular complexity index is 950. The second kappa shape index (κ2) is 6.72.